The van der Waals surface area contributed by atoms with E-state index >= 15 is 0 Å². The molecule has 0 aromatic heterocycles. The van der Waals surface area contributed by atoms with Crippen LogP contribution in [-0.4, -0.2) is 23.8 Å². The maximum absolute atomic E-state index is 12.1. The maximum Gasteiger partial charge on any atom is 0.313 e. The third-order valence-corrected chi connectivity index (χ3v) is 3.48. The highest BCUT2D eigenvalue weighted by molar-refractivity contribution is 6.39. The van der Waals surface area contributed by atoms with Crippen LogP contribution in [0.5, 0.6) is 0 Å². The predicted octanol–water partition coefficient (Wildman–Crippen LogP) is 3.25. The Kier molecular flexibility index (Phi) is 5.17. The first-order valence-corrected chi connectivity index (χ1v) is 7.21. The molecule has 5 heteroatoms. The normalized spacial score (nSPS) is 10.1. The number of amides is 2. The van der Waals surface area contributed by atoms with Gasteiger partial charge in [-0.1, -0.05) is 41.9 Å². The summed E-state index contributed by atoms with van der Waals surface area (Å²) >= 11 is 5.87. The lowest BCUT2D eigenvalue weighted by atomic mass is 10.2. The van der Waals surface area contributed by atoms with Gasteiger partial charge in [-0.2, -0.15) is 0 Å². The van der Waals surface area contributed by atoms with E-state index in [0.717, 1.165) is 11.1 Å². The van der Waals surface area contributed by atoms with Crippen molar-refractivity contribution >= 4 is 29.1 Å². The predicted molar refractivity (Wildman–Crippen MR) is 87.7 cm³/mol. The summed E-state index contributed by atoms with van der Waals surface area (Å²) < 4.78 is 0. The maximum atomic E-state index is 12.1. The lowest BCUT2D eigenvalue weighted by Gasteiger charge is -2.17. The van der Waals surface area contributed by atoms with E-state index in [1.165, 1.54) is 4.90 Å². The van der Waals surface area contributed by atoms with Crippen LogP contribution >= 0.6 is 11.6 Å². The monoisotopic (exact) mass is 316 g/mol. The quantitative estimate of drug-likeness (QED) is 0.884. The van der Waals surface area contributed by atoms with Gasteiger partial charge in [-0.05, 0) is 36.2 Å². The molecule has 2 aromatic rings. The van der Waals surface area contributed by atoms with E-state index in [1.807, 2.05) is 37.3 Å². The fourth-order valence-electron chi connectivity index (χ4n) is 2.05. The zero-order valence-corrected chi connectivity index (χ0v) is 13.2. The lowest BCUT2D eigenvalue weighted by Crippen LogP contribution is -2.36. The Balaban J connectivity index is 2.01. The molecular weight excluding hydrogens is 300 g/mol. The molecule has 0 bridgehead atoms. The highest BCUT2D eigenvalue weighted by Crippen LogP contribution is 2.19. The van der Waals surface area contributed by atoms with Gasteiger partial charge in [-0.15, -0.1) is 0 Å². The van der Waals surface area contributed by atoms with Gasteiger partial charge in [0.1, 0.15) is 0 Å². The Morgan fingerprint density at radius 1 is 1.14 bits per heavy atom. The second-order valence-corrected chi connectivity index (χ2v) is 5.50. The highest BCUT2D eigenvalue weighted by Gasteiger charge is 2.19. The van der Waals surface area contributed by atoms with E-state index in [0.29, 0.717) is 17.3 Å². The number of hydrogen-bond donors (Lipinski definition) is 1. The van der Waals surface area contributed by atoms with E-state index in [9.17, 15) is 9.59 Å². The average molecular weight is 317 g/mol. The van der Waals surface area contributed by atoms with E-state index in [4.69, 9.17) is 11.6 Å². The molecular formula is C17H17ClN2O2. The average Bonchev–Trinajstić information content (AvgIpc) is 2.50. The molecule has 0 aliphatic heterocycles. The van der Waals surface area contributed by atoms with Crippen LogP contribution in [0.1, 0.15) is 11.1 Å². The summed E-state index contributed by atoms with van der Waals surface area (Å²) in [5.41, 5.74) is 2.35. The van der Waals surface area contributed by atoms with Crippen LogP contribution in [0.25, 0.3) is 0 Å². The summed E-state index contributed by atoms with van der Waals surface area (Å²) in [6.45, 7) is 2.20. The van der Waals surface area contributed by atoms with Gasteiger partial charge in [-0.25, -0.2) is 0 Å². The largest absolute Gasteiger partial charge is 0.333 e. The third kappa shape index (κ3) is 4.09. The Bertz CT molecular complexity index is 686. The van der Waals surface area contributed by atoms with Crippen LogP contribution in [0.2, 0.25) is 5.02 Å². The molecule has 0 radical (unpaired) electrons. The minimum absolute atomic E-state index is 0.382. The molecule has 0 unspecified atom stereocenters. The summed E-state index contributed by atoms with van der Waals surface area (Å²) in [5, 5.41) is 3.20. The number of halogens is 1. The van der Waals surface area contributed by atoms with Crippen molar-refractivity contribution in [2.45, 2.75) is 13.5 Å². The number of carbonyl (C=O) groups is 2. The van der Waals surface area contributed by atoms with Crippen molar-refractivity contribution in [1.82, 2.24) is 4.90 Å². The first kappa shape index (κ1) is 16.0. The fraction of sp³-hybridized carbons (Fsp3) is 0.176. The minimum atomic E-state index is -0.663. The van der Waals surface area contributed by atoms with Gasteiger partial charge < -0.3 is 10.2 Å². The van der Waals surface area contributed by atoms with Crippen molar-refractivity contribution in [2.24, 2.45) is 0 Å². The number of likely N-dealkylation sites (N-methyl/N-ethyl adjacent to an activating group) is 1. The highest BCUT2D eigenvalue weighted by atomic mass is 35.5. The molecule has 0 aliphatic rings. The molecule has 0 saturated carbocycles. The van der Waals surface area contributed by atoms with Gasteiger partial charge in [0.2, 0.25) is 0 Å². The van der Waals surface area contributed by atoms with Crippen molar-refractivity contribution in [3.05, 3.63) is 64.7 Å². The fourth-order valence-corrected chi connectivity index (χ4v) is 2.27. The molecule has 2 aromatic carbocycles. The third-order valence-electron chi connectivity index (χ3n) is 3.24. The molecule has 0 atom stereocenters. The molecule has 1 N–H and O–H groups in total. The first-order valence-electron chi connectivity index (χ1n) is 6.84. The van der Waals surface area contributed by atoms with Gasteiger partial charge in [0.25, 0.3) is 0 Å². The smallest absolute Gasteiger partial charge is 0.313 e. The molecule has 0 saturated heterocycles. The standard InChI is InChI=1S/C17H17ClN2O2/c1-12-10-14(18)8-9-15(12)19-16(21)17(22)20(2)11-13-6-4-3-5-7-13/h3-10H,11H2,1-2H3,(H,19,21). The molecule has 0 spiro atoms. The first-order chi connectivity index (χ1) is 10.5. The van der Waals surface area contributed by atoms with Gasteiger partial charge in [-0.3, -0.25) is 9.59 Å². The Morgan fingerprint density at radius 3 is 2.45 bits per heavy atom. The number of rotatable bonds is 3. The molecule has 22 heavy (non-hydrogen) atoms. The second kappa shape index (κ2) is 7.09. The number of aryl methyl sites for hydroxylation is 1. The van der Waals surface area contributed by atoms with Gasteiger partial charge in [0.05, 0.1) is 0 Å². The zero-order chi connectivity index (χ0) is 16.1. The van der Waals surface area contributed by atoms with Gasteiger partial charge >= 0.3 is 11.8 Å². The topological polar surface area (TPSA) is 49.4 Å². The Morgan fingerprint density at radius 2 is 1.82 bits per heavy atom. The van der Waals surface area contributed by atoms with Crippen LogP contribution in [-0.2, 0) is 16.1 Å². The lowest BCUT2D eigenvalue weighted by molar-refractivity contribution is -0.142. The zero-order valence-electron chi connectivity index (χ0n) is 12.5. The van der Waals surface area contributed by atoms with E-state index in [1.54, 1.807) is 25.2 Å². The minimum Gasteiger partial charge on any atom is -0.333 e. The van der Waals surface area contributed by atoms with Crippen LogP contribution < -0.4 is 5.32 Å². The molecule has 114 valence electrons. The van der Waals surface area contributed by atoms with Crippen molar-refractivity contribution in [3.63, 3.8) is 0 Å². The summed E-state index contributed by atoms with van der Waals surface area (Å²) in [7, 11) is 1.60. The SMILES string of the molecule is Cc1cc(Cl)ccc1NC(=O)C(=O)N(C)Cc1ccccc1. The number of nitrogens with one attached hydrogen (secondary N) is 1. The molecule has 2 amide bonds. The summed E-state index contributed by atoms with van der Waals surface area (Å²) in [5.74, 6) is -1.25. The molecule has 0 aliphatic carbocycles. The summed E-state index contributed by atoms with van der Waals surface area (Å²) in [6, 6.07) is 14.6. The number of nitrogens with zero attached hydrogens (tertiary/aromatic N) is 1. The van der Waals surface area contributed by atoms with Crippen molar-refractivity contribution in [2.75, 3.05) is 12.4 Å². The van der Waals surface area contributed by atoms with E-state index in [2.05, 4.69) is 5.32 Å². The molecule has 0 fully saturated rings. The summed E-state index contributed by atoms with van der Waals surface area (Å²) in [4.78, 5) is 25.5. The molecule has 2 rings (SSSR count). The Labute approximate surface area is 134 Å². The van der Waals surface area contributed by atoms with Crippen molar-refractivity contribution in [1.29, 1.82) is 0 Å². The number of hydrogen-bond acceptors (Lipinski definition) is 2. The number of anilines is 1. The van der Waals surface area contributed by atoms with E-state index < -0.39 is 11.8 Å². The number of benzene rings is 2. The van der Waals surface area contributed by atoms with Crippen molar-refractivity contribution < 1.29 is 9.59 Å². The summed E-state index contributed by atoms with van der Waals surface area (Å²) in [6.07, 6.45) is 0. The Hall–Kier alpha value is -2.33. The number of carbonyl (C=O) groups excluding carboxylic acids is 2. The van der Waals surface area contributed by atoms with Crippen LogP contribution in [0, 0.1) is 6.92 Å². The molecule has 4 nitrogen and oxygen atoms in total. The van der Waals surface area contributed by atoms with Crippen LogP contribution in [0.15, 0.2) is 48.5 Å². The van der Waals surface area contributed by atoms with E-state index in [-0.39, 0.29) is 0 Å². The van der Waals surface area contributed by atoms with Gasteiger partial charge in [0, 0.05) is 24.3 Å². The van der Waals surface area contributed by atoms with Gasteiger partial charge in [0.15, 0.2) is 0 Å². The van der Waals surface area contributed by atoms with Crippen molar-refractivity contribution in [3.8, 4) is 0 Å². The van der Waals surface area contributed by atoms with Crippen LogP contribution in [0.3, 0.4) is 0 Å². The van der Waals surface area contributed by atoms with Crippen LogP contribution in [0.4, 0.5) is 5.69 Å². The molecule has 0 heterocycles. The second-order valence-electron chi connectivity index (χ2n) is 5.06.